The maximum atomic E-state index is 9.36. The van der Waals surface area contributed by atoms with Gasteiger partial charge in [-0.05, 0) is 19.5 Å². The second-order valence-corrected chi connectivity index (χ2v) is 3.06. The van der Waals surface area contributed by atoms with E-state index in [0.29, 0.717) is 12.6 Å². The molecule has 10 heavy (non-hydrogen) atoms. The van der Waals surface area contributed by atoms with Crippen LogP contribution in [0.4, 0.5) is 0 Å². The predicted octanol–water partition coefficient (Wildman–Crippen LogP) is -0.548. The summed E-state index contributed by atoms with van der Waals surface area (Å²) in [5, 5.41) is 9.36. The largest absolute Gasteiger partial charge is 0.389 e. The van der Waals surface area contributed by atoms with Gasteiger partial charge in [0.05, 0.1) is 25.4 Å². The van der Waals surface area contributed by atoms with Crippen molar-refractivity contribution >= 4 is 0 Å². The molecule has 2 aliphatic rings. The molecule has 0 aromatic carbocycles. The molecular formula is C7H13NO2. The molecule has 3 heteroatoms. The second-order valence-electron chi connectivity index (χ2n) is 3.06. The van der Waals surface area contributed by atoms with Crippen LogP contribution in [0.25, 0.3) is 0 Å². The first-order valence-corrected chi connectivity index (χ1v) is 3.88. The standard InChI is InChI=1S/C7H13NO2/c9-7-5-10-4-6(7)8-2-1-3-8/h6-7,9H,1-5H2. The molecule has 0 spiro atoms. The molecule has 2 saturated heterocycles. The van der Waals surface area contributed by atoms with Gasteiger partial charge >= 0.3 is 0 Å². The van der Waals surface area contributed by atoms with E-state index in [9.17, 15) is 5.11 Å². The second kappa shape index (κ2) is 2.49. The van der Waals surface area contributed by atoms with Crippen molar-refractivity contribution in [2.75, 3.05) is 26.3 Å². The molecule has 2 heterocycles. The van der Waals surface area contributed by atoms with Gasteiger partial charge in [0.15, 0.2) is 0 Å². The van der Waals surface area contributed by atoms with Crippen LogP contribution in [0.3, 0.4) is 0 Å². The monoisotopic (exact) mass is 143 g/mol. The normalized spacial score (nSPS) is 41.7. The van der Waals surface area contributed by atoms with Crippen molar-refractivity contribution in [3.05, 3.63) is 0 Å². The Morgan fingerprint density at radius 3 is 2.50 bits per heavy atom. The molecule has 0 aromatic heterocycles. The lowest BCUT2D eigenvalue weighted by Crippen LogP contribution is -2.50. The zero-order valence-corrected chi connectivity index (χ0v) is 5.99. The third-order valence-electron chi connectivity index (χ3n) is 2.38. The molecule has 3 nitrogen and oxygen atoms in total. The minimum Gasteiger partial charge on any atom is -0.389 e. The third kappa shape index (κ3) is 0.944. The van der Waals surface area contributed by atoms with Crippen LogP contribution >= 0.6 is 0 Å². The Labute approximate surface area is 60.6 Å². The van der Waals surface area contributed by atoms with Gasteiger partial charge in [-0.15, -0.1) is 0 Å². The molecule has 2 atom stereocenters. The fourth-order valence-corrected chi connectivity index (χ4v) is 1.55. The van der Waals surface area contributed by atoms with Crippen LogP contribution in [0, 0.1) is 0 Å². The summed E-state index contributed by atoms with van der Waals surface area (Å²) < 4.78 is 5.13. The number of nitrogens with zero attached hydrogens (tertiary/aromatic N) is 1. The fraction of sp³-hybridized carbons (Fsp3) is 1.00. The van der Waals surface area contributed by atoms with Crippen LogP contribution in [0.1, 0.15) is 6.42 Å². The van der Waals surface area contributed by atoms with Gasteiger partial charge in [0.25, 0.3) is 0 Å². The van der Waals surface area contributed by atoms with Crippen molar-refractivity contribution < 1.29 is 9.84 Å². The highest BCUT2D eigenvalue weighted by Gasteiger charge is 2.33. The highest BCUT2D eigenvalue weighted by molar-refractivity contribution is 4.87. The van der Waals surface area contributed by atoms with Crippen LogP contribution in [0.15, 0.2) is 0 Å². The molecule has 0 amide bonds. The Morgan fingerprint density at radius 1 is 1.30 bits per heavy atom. The van der Waals surface area contributed by atoms with Gasteiger partial charge in [-0.25, -0.2) is 0 Å². The predicted molar refractivity (Wildman–Crippen MR) is 36.8 cm³/mol. The Hall–Kier alpha value is -0.120. The first-order chi connectivity index (χ1) is 4.88. The SMILES string of the molecule is OC1COCC1N1CCC1. The number of ether oxygens (including phenoxy) is 1. The molecule has 2 fully saturated rings. The smallest absolute Gasteiger partial charge is 0.0950 e. The van der Waals surface area contributed by atoms with Crippen LogP contribution in [0.2, 0.25) is 0 Å². The van der Waals surface area contributed by atoms with Gasteiger partial charge in [0, 0.05) is 0 Å². The molecule has 0 aromatic rings. The van der Waals surface area contributed by atoms with Crippen LogP contribution in [-0.2, 0) is 4.74 Å². The van der Waals surface area contributed by atoms with Gasteiger partial charge in [-0.2, -0.15) is 0 Å². The van der Waals surface area contributed by atoms with Crippen molar-refractivity contribution in [2.45, 2.75) is 18.6 Å². The van der Waals surface area contributed by atoms with Crippen molar-refractivity contribution in [1.82, 2.24) is 4.90 Å². The Bertz CT molecular complexity index is 125. The summed E-state index contributed by atoms with van der Waals surface area (Å²) in [6.07, 6.45) is 1.05. The Balaban J connectivity index is 1.90. The number of aliphatic hydroxyl groups is 1. The molecule has 0 bridgehead atoms. The first-order valence-electron chi connectivity index (χ1n) is 3.88. The maximum absolute atomic E-state index is 9.36. The number of likely N-dealkylation sites (tertiary alicyclic amines) is 1. The van der Waals surface area contributed by atoms with Gasteiger partial charge in [0.2, 0.25) is 0 Å². The molecule has 0 saturated carbocycles. The zero-order chi connectivity index (χ0) is 6.97. The van der Waals surface area contributed by atoms with Gasteiger partial charge in [0.1, 0.15) is 0 Å². The lowest BCUT2D eigenvalue weighted by Gasteiger charge is -2.36. The van der Waals surface area contributed by atoms with Crippen LogP contribution in [-0.4, -0.2) is 48.5 Å². The highest BCUT2D eigenvalue weighted by Crippen LogP contribution is 2.18. The van der Waals surface area contributed by atoms with E-state index in [0.717, 1.165) is 19.7 Å². The highest BCUT2D eigenvalue weighted by atomic mass is 16.5. The molecule has 2 aliphatic heterocycles. The van der Waals surface area contributed by atoms with Crippen molar-refractivity contribution in [3.8, 4) is 0 Å². The summed E-state index contributed by atoms with van der Waals surface area (Å²) in [5.41, 5.74) is 0. The zero-order valence-electron chi connectivity index (χ0n) is 5.99. The molecule has 2 rings (SSSR count). The number of hydrogen-bond donors (Lipinski definition) is 1. The summed E-state index contributed by atoms with van der Waals surface area (Å²) in [5.74, 6) is 0. The Kier molecular flexibility index (Phi) is 1.64. The average molecular weight is 143 g/mol. The van der Waals surface area contributed by atoms with E-state index in [1.54, 1.807) is 0 Å². The summed E-state index contributed by atoms with van der Waals surface area (Å²) in [7, 11) is 0. The Morgan fingerprint density at radius 2 is 2.10 bits per heavy atom. The number of hydrogen-bond acceptors (Lipinski definition) is 3. The lowest BCUT2D eigenvalue weighted by atomic mass is 10.1. The molecule has 2 unspecified atom stereocenters. The topological polar surface area (TPSA) is 32.7 Å². The average Bonchev–Trinajstić information content (AvgIpc) is 2.12. The molecule has 0 aliphatic carbocycles. The summed E-state index contributed by atoms with van der Waals surface area (Å²) >= 11 is 0. The van der Waals surface area contributed by atoms with Crippen LogP contribution in [0.5, 0.6) is 0 Å². The van der Waals surface area contributed by atoms with E-state index in [1.807, 2.05) is 0 Å². The quantitative estimate of drug-likeness (QED) is 0.534. The van der Waals surface area contributed by atoms with Crippen molar-refractivity contribution in [3.63, 3.8) is 0 Å². The fourth-order valence-electron chi connectivity index (χ4n) is 1.55. The maximum Gasteiger partial charge on any atom is 0.0950 e. The lowest BCUT2D eigenvalue weighted by molar-refractivity contribution is 0.0451. The van der Waals surface area contributed by atoms with Crippen LogP contribution < -0.4 is 0 Å². The summed E-state index contributed by atoms with van der Waals surface area (Å²) in [4.78, 5) is 2.29. The summed E-state index contributed by atoms with van der Waals surface area (Å²) in [6, 6.07) is 0.300. The minimum absolute atomic E-state index is 0.236. The molecule has 58 valence electrons. The van der Waals surface area contributed by atoms with Gasteiger partial charge in [-0.3, -0.25) is 4.90 Å². The van der Waals surface area contributed by atoms with E-state index in [4.69, 9.17) is 4.74 Å². The minimum atomic E-state index is -0.236. The molecule has 1 N–H and O–H groups in total. The third-order valence-corrected chi connectivity index (χ3v) is 2.38. The van der Waals surface area contributed by atoms with Gasteiger partial charge < -0.3 is 9.84 Å². The van der Waals surface area contributed by atoms with E-state index in [2.05, 4.69) is 4.90 Å². The number of rotatable bonds is 1. The van der Waals surface area contributed by atoms with E-state index < -0.39 is 0 Å². The van der Waals surface area contributed by atoms with E-state index >= 15 is 0 Å². The van der Waals surface area contributed by atoms with E-state index in [-0.39, 0.29) is 6.10 Å². The van der Waals surface area contributed by atoms with Gasteiger partial charge in [-0.1, -0.05) is 0 Å². The van der Waals surface area contributed by atoms with Crippen molar-refractivity contribution in [1.29, 1.82) is 0 Å². The molecular weight excluding hydrogens is 130 g/mol. The van der Waals surface area contributed by atoms with Crippen molar-refractivity contribution in [2.24, 2.45) is 0 Å². The number of aliphatic hydroxyl groups excluding tert-OH is 1. The first kappa shape index (κ1) is 6.58. The van der Waals surface area contributed by atoms with E-state index in [1.165, 1.54) is 6.42 Å². The summed E-state index contributed by atoms with van der Waals surface area (Å²) in [6.45, 7) is 3.54. The molecule has 0 radical (unpaired) electrons.